The Kier molecular flexibility index (Phi) is 8.86. The molecule has 0 aliphatic carbocycles. The summed E-state index contributed by atoms with van der Waals surface area (Å²) in [4.78, 5) is 2.64. The van der Waals surface area contributed by atoms with Crippen LogP contribution in [0, 0.1) is 5.92 Å². The molecule has 132 valence electrons. The fourth-order valence-corrected chi connectivity index (χ4v) is 3.17. The number of hydrogen-bond acceptors (Lipinski definition) is 2. The van der Waals surface area contributed by atoms with Gasteiger partial charge in [-0.05, 0) is 36.3 Å². The van der Waals surface area contributed by atoms with E-state index in [-0.39, 0.29) is 0 Å². The van der Waals surface area contributed by atoms with Crippen LogP contribution in [0.3, 0.4) is 0 Å². The molecule has 3 atom stereocenters. The molecule has 1 heterocycles. The quantitative estimate of drug-likeness (QED) is 0.801. The van der Waals surface area contributed by atoms with E-state index in [9.17, 15) is 0 Å². The third-order valence-electron chi connectivity index (χ3n) is 5.16. The zero-order valence-corrected chi connectivity index (χ0v) is 16.4. The first kappa shape index (κ1) is 20.2. The van der Waals surface area contributed by atoms with Gasteiger partial charge in [0.2, 0.25) is 0 Å². The molecule has 0 spiro atoms. The van der Waals surface area contributed by atoms with Crippen molar-refractivity contribution >= 4 is 0 Å². The Hall–Kier alpha value is -0.860. The summed E-state index contributed by atoms with van der Waals surface area (Å²) in [6.07, 6.45) is 1.21. The standard InChI is InChI=1S/C19H32N2.C2H6/c1-6-15(4)17-8-7-9-18(12-17)16(5)21-11-10-20-19(13-21)14(2)3;1-2/h7-9,12,14-16,19-20H,6,10-11,13H2,1-5H3;1-2H3/t15?,16-,19-;/m1./s1. The lowest BCUT2D eigenvalue weighted by molar-refractivity contribution is 0.135. The highest BCUT2D eigenvalue weighted by Gasteiger charge is 2.25. The lowest BCUT2D eigenvalue weighted by Gasteiger charge is -2.39. The second kappa shape index (κ2) is 10.1. The fraction of sp³-hybridized carbons (Fsp3) is 0.714. The lowest BCUT2D eigenvalue weighted by Crippen LogP contribution is -2.53. The monoisotopic (exact) mass is 318 g/mol. The molecule has 23 heavy (non-hydrogen) atoms. The molecule has 1 aromatic carbocycles. The van der Waals surface area contributed by atoms with Crippen molar-refractivity contribution in [3.05, 3.63) is 35.4 Å². The Labute approximate surface area is 144 Å². The third-order valence-corrected chi connectivity index (χ3v) is 5.16. The number of benzene rings is 1. The van der Waals surface area contributed by atoms with Crippen molar-refractivity contribution in [2.24, 2.45) is 5.92 Å². The molecule has 0 radical (unpaired) electrons. The molecule has 0 bridgehead atoms. The van der Waals surface area contributed by atoms with Gasteiger partial charge in [0.05, 0.1) is 0 Å². The van der Waals surface area contributed by atoms with Crippen molar-refractivity contribution in [3.8, 4) is 0 Å². The van der Waals surface area contributed by atoms with Crippen LogP contribution in [0.15, 0.2) is 24.3 Å². The minimum atomic E-state index is 0.511. The third kappa shape index (κ3) is 5.61. The van der Waals surface area contributed by atoms with E-state index in [4.69, 9.17) is 0 Å². The van der Waals surface area contributed by atoms with Gasteiger partial charge < -0.3 is 5.32 Å². The Morgan fingerprint density at radius 3 is 2.39 bits per heavy atom. The van der Waals surface area contributed by atoms with Crippen LogP contribution in [0.25, 0.3) is 0 Å². The average molecular weight is 319 g/mol. The van der Waals surface area contributed by atoms with Gasteiger partial charge in [0.15, 0.2) is 0 Å². The molecule has 1 N–H and O–H groups in total. The van der Waals surface area contributed by atoms with Gasteiger partial charge in [0, 0.05) is 31.7 Å². The maximum Gasteiger partial charge on any atom is 0.0321 e. The summed E-state index contributed by atoms with van der Waals surface area (Å²) >= 11 is 0. The topological polar surface area (TPSA) is 15.3 Å². The Balaban J connectivity index is 0.00000127. The van der Waals surface area contributed by atoms with Gasteiger partial charge >= 0.3 is 0 Å². The summed E-state index contributed by atoms with van der Waals surface area (Å²) in [5.41, 5.74) is 2.95. The molecule has 2 rings (SSSR count). The van der Waals surface area contributed by atoms with Crippen molar-refractivity contribution in [3.63, 3.8) is 0 Å². The first-order valence-corrected chi connectivity index (χ1v) is 9.60. The molecule has 1 saturated heterocycles. The first-order chi connectivity index (χ1) is 11.0. The molecular formula is C21H38N2. The van der Waals surface area contributed by atoms with E-state index < -0.39 is 0 Å². The molecule has 1 aromatic rings. The van der Waals surface area contributed by atoms with E-state index in [0.717, 1.165) is 19.6 Å². The number of nitrogens with one attached hydrogen (secondary N) is 1. The van der Waals surface area contributed by atoms with Gasteiger partial charge in [-0.25, -0.2) is 0 Å². The van der Waals surface area contributed by atoms with Crippen LogP contribution in [0.4, 0.5) is 0 Å². The predicted octanol–water partition coefficient (Wildman–Crippen LogP) is 5.22. The van der Waals surface area contributed by atoms with Crippen LogP contribution in [0.2, 0.25) is 0 Å². The molecule has 1 aliphatic rings. The van der Waals surface area contributed by atoms with Gasteiger partial charge in [-0.1, -0.05) is 65.8 Å². The highest BCUT2D eigenvalue weighted by molar-refractivity contribution is 5.28. The minimum absolute atomic E-state index is 0.511. The molecule has 0 saturated carbocycles. The number of hydrogen-bond donors (Lipinski definition) is 1. The van der Waals surface area contributed by atoms with E-state index in [1.54, 1.807) is 0 Å². The minimum Gasteiger partial charge on any atom is -0.311 e. The normalized spacial score (nSPS) is 21.5. The van der Waals surface area contributed by atoms with Gasteiger partial charge in [0.25, 0.3) is 0 Å². The molecule has 1 aliphatic heterocycles. The molecule has 0 aromatic heterocycles. The van der Waals surface area contributed by atoms with Crippen molar-refractivity contribution in [1.29, 1.82) is 0 Å². The summed E-state index contributed by atoms with van der Waals surface area (Å²) in [6.45, 7) is 19.0. The molecule has 1 fully saturated rings. The molecule has 0 amide bonds. The largest absolute Gasteiger partial charge is 0.311 e. The lowest BCUT2D eigenvalue weighted by atomic mass is 9.94. The van der Waals surface area contributed by atoms with Crippen molar-refractivity contribution < 1.29 is 0 Å². The molecule has 2 heteroatoms. The van der Waals surface area contributed by atoms with E-state index in [1.165, 1.54) is 17.5 Å². The van der Waals surface area contributed by atoms with Gasteiger partial charge in [-0.2, -0.15) is 0 Å². The van der Waals surface area contributed by atoms with Crippen LogP contribution < -0.4 is 5.32 Å². The summed E-state index contributed by atoms with van der Waals surface area (Å²) in [7, 11) is 0. The molecular weight excluding hydrogens is 280 g/mol. The zero-order valence-electron chi connectivity index (χ0n) is 16.4. The van der Waals surface area contributed by atoms with E-state index in [2.05, 4.69) is 69.1 Å². The molecule has 1 unspecified atom stereocenters. The maximum atomic E-state index is 3.65. The van der Waals surface area contributed by atoms with Crippen molar-refractivity contribution in [2.75, 3.05) is 19.6 Å². The fourth-order valence-electron chi connectivity index (χ4n) is 3.17. The van der Waals surface area contributed by atoms with Crippen LogP contribution >= 0.6 is 0 Å². The van der Waals surface area contributed by atoms with Crippen molar-refractivity contribution in [1.82, 2.24) is 10.2 Å². The molecule has 2 nitrogen and oxygen atoms in total. The zero-order chi connectivity index (χ0) is 17.4. The maximum absolute atomic E-state index is 3.65. The van der Waals surface area contributed by atoms with Gasteiger partial charge in [-0.3, -0.25) is 4.90 Å². The SMILES string of the molecule is CC.CCC(C)c1cccc([C@@H](C)N2CCN[C@@H](C(C)C)C2)c1. The second-order valence-electron chi connectivity index (χ2n) is 6.95. The predicted molar refractivity (Wildman–Crippen MR) is 103 cm³/mol. The van der Waals surface area contributed by atoms with Crippen LogP contribution in [-0.4, -0.2) is 30.6 Å². The van der Waals surface area contributed by atoms with E-state index in [1.807, 2.05) is 13.8 Å². The highest BCUT2D eigenvalue weighted by Crippen LogP contribution is 2.26. The van der Waals surface area contributed by atoms with E-state index in [0.29, 0.717) is 23.9 Å². The number of piperazine rings is 1. The first-order valence-electron chi connectivity index (χ1n) is 9.60. The van der Waals surface area contributed by atoms with Gasteiger partial charge in [0.1, 0.15) is 0 Å². The Morgan fingerprint density at radius 1 is 1.13 bits per heavy atom. The highest BCUT2D eigenvalue weighted by atomic mass is 15.2. The number of nitrogens with zero attached hydrogens (tertiary/aromatic N) is 1. The average Bonchev–Trinajstić information content (AvgIpc) is 2.62. The second-order valence-corrected chi connectivity index (χ2v) is 6.95. The smallest absolute Gasteiger partial charge is 0.0321 e. The van der Waals surface area contributed by atoms with Crippen LogP contribution in [-0.2, 0) is 0 Å². The van der Waals surface area contributed by atoms with Crippen LogP contribution in [0.5, 0.6) is 0 Å². The van der Waals surface area contributed by atoms with E-state index >= 15 is 0 Å². The summed E-state index contributed by atoms with van der Waals surface area (Å²) < 4.78 is 0. The summed E-state index contributed by atoms with van der Waals surface area (Å²) in [5, 5.41) is 3.65. The summed E-state index contributed by atoms with van der Waals surface area (Å²) in [5.74, 6) is 1.36. The van der Waals surface area contributed by atoms with Gasteiger partial charge in [-0.15, -0.1) is 0 Å². The number of rotatable bonds is 5. The summed E-state index contributed by atoms with van der Waals surface area (Å²) in [6, 6.07) is 10.4. The van der Waals surface area contributed by atoms with Crippen molar-refractivity contribution in [2.45, 2.75) is 72.9 Å². The Morgan fingerprint density at radius 2 is 1.78 bits per heavy atom. The van der Waals surface area contributed by atoms with Crippen LogP contribution in [0.1, 0.15) is 78.0 Å². The Bertz CT molecular complexity index is 441.